The lowest BCUT2D eigenvalue weighted by Crippen LogP contribution is -2.05. The van der Waals surface area contributed by atoms with Crippen LogP contribution in [-0.2, 0) is 16.1 Å². The van der Waals surface area contributed by atoms with Gasteiger partial charge in [0.15, 0.2) is 17.2 Å². The smallest absolute Gasteiger partial charge is 0.363 e. The fraction of sp³-hybridized carbons (Fsp3) is 0.0833. The molecule has 0 atom stereocenters. The third-order valence-corrected chi connectivity index (χ3v) is 6.42. The van der Waals surface area contributed by atoms with Gasteiger partial charge in [-0.25, -0.2) is 9.79 Å². The molecule has 1 heterocycles. The number of nitrogens with zero attached hydrogens (tertiary/aromatic N) is 1. The van der Waals surface area contributed by atoms with E-state index in [0.717, 1.165) is 29.2 Å². The fourth-order valence-corrected chi connectivity index (χ4v) is 4.29. The van der Waals surface area contributed by atoms with E-state index in [1.807, 2.05) is 60.7 Å². The van der Waals surface area contributed by atoms with Gasteiger partial charge in [0, 0.05) is 14.5 Å². The van der Waals surface area contributed by atoms with Crippen LogP contribution in [0.2, 0.25) is 0 Å². The first-order chi connectivity index (χ1) is 15.4. The predicted octanol–water partition coefficient (Wildman–Crippen LogP) is 6.75. The lowest BCUT2D eigenvalue weighted by Gasteiger charge is -2.14. The van der Waals surface area contributed by atoms with Crippen LogP contribution >= 0.6 is 54.5 Å². The predicted molar refractivity (Wildman–Crippen MR) is 139 cm³/mol. The number of aliphatic imine (C=N–C) groups is 1. The molecule has 0 saturated heterocycles. The van der Waals surface area contributed by atoms with E-state index in [9.17, 15) is 4.79 Å². The Bertz CT molecular complexity index is 1220. The minimum Gasteiger partial charge on any atom is -0.493 e. The summed E-state index contributed by atoms with van der Waals surface area (Å²) in [5.74, 6) is 1.01. The molecule has 5 nitrogen and oxygen atoms in total. The number of benzene rings is 3. The molecular formula is C24H16Br2INO4. The van der Waals surface area contributed by atoms with Crippen LogP contribution in [0.1, 0.15) is 16.7 Å². The molecular weight excluding hydrogens is 653 g/mol. The highest BCUT2D eigenvalue weighted by molar-refractivity contribution is 14.1. The largest absolute Gasteiger partial charge is 0.493 e. The van der Waals surface area contributed by atoms with Crippen molar-refractivity contribution in [3.05, 3.63) is 95.6 Å². The highest BCUT2D eigenvalue weighted by atomic mass is 127. The molecule has 0 aliphatic carbocycles. The van der Waals surface area contributed by atoms with E-state index in [-0.39, 0.29) is 11.6 Å². The molecule has 4 rings (SSSR count). The van der Waals surface area contributed by atoms with Crippen molar-refractivity contribution >= 4 is 72.4 Å². The number of methoxy groups -OCH3 is 1. The maximum absolute atomic E-state index is 12.3. The van der Waals surface area contributed by atoms with Gasteiger partial charge < -0.3 is 14.2 Å². The zero-order valence-electron chi connectivity index (χ0n) is 16.8. The maximum Gasteiger partial charge on any atom is 0.363 e. The molecule has 3 aromatic rings. The van der Waals surface area contributed by atoms with Crippen LogP contribution in [0.3, 0.4) is 0 Å². The quantitative estimate of drug-likeness (QED) is 0.166. The Balaban J connectivity index is 1.58. The van der Waals surface area contributed by atoms with Crippen molar-refractivity contribution in [3.63, 3.8) is 0 Å². The number of hydrogen-bond donors (Lipinski definition) is 0. The summed E-state index contributed by atoms with van der Waals surface area (Å²) in [6, 6.07) is 19.1. The number of hydrogen-bond acceptors (Lipinski definition) is 5. The molecule has 0 bridgehead atoms. The molecule has 0 spiro atoms. The number of carbonyl (C=O) groups excluding carboxylic acids is 1. The summed E-state index contributed by atoms with van der Waals surface area (Å²) < 4.78 is 19.7. The van der Waals surface area contributed by atoms with E-state index in [4.69, 9.17) is 14.2 Å². The molecule has 32 heavy (non-hydrogen) atoms. The van der Waals surface area contributed by atoms with Crippen molar-refractivity contribution in [2.45, 2.75) is 6.61 Å². The van der Waals surface area contributed by atoms with Crippen LogP contribution in [0, 0.1) is 3.57 Å². The molecule has 0 unspecified atom stereocenters. The summed E-state index contributed by atoms with van der Waals surface area (Å²) in [7, 11) is 1.59. The highest BCUT2D eigenvalue weighted by Crippen LogP contribution is 2.35. The first kappa shape index (κ1) is 23.0. The van der Waals surface area contributed by atoms with Gasteiger partial charge in [-0.1, -0.05) is 44.0 Å². The Labute approximate surface area is 215 Å². The van der Waals surface area contributed by atoms with E-state index in [0.29, 0.717) is 18.1 Å². The molecule has 0 N–H and O–H groups in total. The van der Waals surface area contributed by atoms with Gasteiger partial charge in [-0.3, -0.25) is 0 Å². The van der Waals surface area contributed by atoms with Crippen LogP contribution in [0.4, 0.5) is 0 Å². The molecule has 0 amide bonds. The lowest BCUT2D eigenvalue weighted by atomic mass is 10.1. The molecule has 3 aromatic carbocycles. The van der Waals surface area contributed by atoms with Crippen molar-refractivity contribution in [2.75, 3.05) is 7.11 Å². The van der Waals surface area contributed by atoms with Crippen molar-refractivity contribution < 1.29 is 19.0 Å². The summed E-state index contributed by atoms with van der Waals surface area (Å²) in [4.78, 5) is 16.7. The van der Waals surface area contributed by atoms with Crippen molar-refractivity contribution in [3.8, 4) is 11.5 Å². The standard InChI is InChI=1S/C24H16Br2INO4/c1-30-21-12-15(10-19(27)22(21)31-13-14-2-6-17(25)7-3-14)11-20-24(29)32-23(28-20)16-4-8-18(26)9-5-16/h2-12H,13H2,1H3/b20-11-. The summed E-state index contributed by atoms with van der Waals surface area (Å²) in [5, 5.41) is 0. The molecule has 1 aliphatic heterocycles. The van der Waals surface area contributed by atoms with E-state index >= 15 is 0 Å². The maximum atomic E-state index is 12.3. The van der Waals surface area contributed by atoms with Crippen molar-refractivity contribution in [1.82, 2.24) is 0 Å². The first-order valence-electron chi connectivity index (χ1n) is 9.46. The summed E-state index contributed by atoms with van der Waals surface area (Å²) in [6.07, 6.45) is 1.68. The Morgan fingerprint density at radius 2 is 1.69 bits per heavy atom. The number of ether oxygens (including phenoxy) is 3. The van der Waals surface area contributed by atoms with E-state index in [1.54, 1.807) is 13.2 Å². The monoisotopic (exact) mass is 667 g/mol. The summed E-state index contributed by atoms with van der Waals surface area (Å²) in [5.41, 5.74) is 2.76. The van der Waals surface area contributed by atoms with E-state index in [2.05, 4.69) is 59.4 Å². The summed E-state index contributed by atoms with van der Waals surface area (Å²) in [6.45, 7) is 0.410. The van der Waals surface area contributed by atoms with Crippen LogP contribution in [0.15, 0.2) is 80.3 Å². The highest BCUT2D eigenvalue weighted by Gasteiger charge is 2.24. The minimum atomic E-state index is -0.493. The van der Waals surface area contributed by atoms with Gasteiger partial charge in [0.05, 0.1) is 10.7 Å². The molecule has 1 aliphatic rings. The van der Waals surface area contributed by atoms with Crippen LogP contribution in [0.25, 0.3) is 6.08 Å². The number of cyclic esters (lactones) is 1. The van der Waals surface area contributed by atoms with Gasteiger partial charge in [0.2, 0.25) is 5.90 Å². The van der Waals surface area contributed by atoms with Gasteiger partial charge in [-0.2, -0.15) is 0 Å². The topological polar surface area (TPSA) is 57.1 Å². The number of esters is 1. The second kappa shape index (κ2) is 10.2. The van der Waals surface area contributed by atoms with E-state index < -0.39 is 5.97 Å². The molecule has 8 heteroatoms. The number of halogens is 3. The van der Waals surface area contributed by atoms with Crippen LogP contribution in [0.5, 0.6) is 11.5 Å². The van der Waals surface area contributed by atoms with Gasteiger partial charge in [0.25, 0.3) is 0 Å². The minimum absolute atomic E-state index is 0.226. The zero-order valence-corrected chi connectivity index (χ0v) is 22.1. The Hall–Kier alpha value is -2.17. The fourth-order valence-electron chi connectivity index (χ4n) is 2.98. The average molecular weight is 669 g/mol. The van der Waals surface area contributed by atoms with Crippen molar-refractivity contribution in [2.24, 2.45) is 4.99 Å². The third-order valence-electron chi connectivity index (χ3n) is 4.56. The second-order valence-corrected chi connectivity index (χ2v) is 9.79. The third kappa shape index (κ3) is 5.41. The number of rotatable bonds is 6. The van der Waals surface area contributed by atoms with Crippen molar-refractivity contribution in [1.29, 1.82) is 0 Å². The summed E-state index contributed by atoms with van der Waals surface area (Å²) >= 11 is 9.02. The second-order valence-electron chi connectivity index (χ2n) is 6.79. The Morgan fingerprint density at radius 1 is 1.03 bits per heavy atom. The van der Waals surface area contributed by atoms with E-state index in [1.165, 1.54) is 0 Å². The zero-order chi connectivity index (χ0) is 22.7. The molecule has 162 valence electrons. The Morgan fingerprint density at radius 3 is 2.34 bits per heavy atom. The van der Waals surface area contributed by atoms with Crippen LogP contribution in [-0.4, -0.2) is 19.0 Å². The van der Waals surface area contributed by atoms with Gasteiger partial charge in [0.1, 0.15) is 6.61 Å². The molecule has 0 saturated carbocycles. The Kier molecular flexibility index (Phi) is 7.32. The van der Waals surface area contributed by atoms with Gasteiger partial charge >= 0.3 is 5.97 Å². The molecule has 0 radical (unpaired) electrons. The lowest BCUT2D eigenvalue weighted by molar-refractivity contribution is -0.129. The average Bonchev–Trinajstić information content (AvgIpc) is 3.14. The molecule has 0 aromatic heterocycles. The van der Waals surface area contributed by atoms with Gasteiger partial charge in [-0.05, 0) is 88.3 Å². The normalized spacial score (nSPS) is 14.3. The van der Waals surface area contributed by atoms with Gasteiger partial charge in [-0.15, -0.1) is 0 Å². The SMILES string of the molecule is COc1cc(/C=C2\N=C(c3ccc(Br)cc3)OC2=O)cc(I)c1OCc1ccc(Br)cc1. The van der Waals surface area contributed by atoms with Crippen LogP contribution < -0.4 is 9.47 Å². The molecule has 0 fully saturated rings. The number of carbonyl (C=O) groups is 1. The first-order valence-corrected chi connectivity index (χ1v) is 12.1.